The molecule has 0 aromatic heterocycles. The number of hydrogen-bond acceptors (Lipinski definition) is 4. The number of nitrogens with one attached hydrogen (secondary N) is 1. The van der Waals surface area contributed by atoms with Crippen LogP contribution in [-0.4, -0.2) is 51.0 Å². The Bertz CT molecular complexity index is 1300. The fourth-order valence-corrected chi connectivity index (χ4v) is 8.67. The lowest BCUT2D eigenvalue weighted by Crippen LogP contribution is -2.50. The molecule has 2 aromatic carbocycles. The number of benzene rings is 2. The maximum absolute atomic E-state index is 13.7. The second-order valence-corrected chi connectivity index (χ2v) is 14.2. The molecule has 0 radical (unpaired) electrons. The Balaban J connectivity index is 1.39. The van der Waals surface area contributed by atoms with Gasteiger partial charge in [-0.2, -0.15) is 0 Å². The highest BCUT2D eigenvalue weighted by Gasteiger charge is 2.51. The first-order valence-electron chi connectivity index (χ1n) is 14.1. The summed E-state index contributed by atoms with van der Waals surface area (Å²) in [6.07, 6.45) is 8.94. The molecule has 39 heavy (non-hydrogen) atoms. The van der Waals surface area contributed by atoms with E-state index in [-0.39, 0.29) is 24.4 Å². The zero-order valence-electron chi connectivity index (χ0n) is 23.5. The standard InChI is InChI=1S/C31H41N3O4S/c1-21-7-5-6-8-26(21)19-33(22(2)30(36)32-3)29(35)20-34(39(4,37)38)28-11-9-27(10-12-28)31-16-23-13-24(17-31)15-25(14-23)18-31/h5-12,22-25H,13-20H2,1-4H3,(H,32,36). The second kappa shape index (κ2) is 10.6. The molecule has 8 heteroatoms. The summed E-state index contributed by atoms with van der Waals surface area (Å²) in [5.74, 6) is 1.74. The van der Waals surface area contributed by atoms with Gasteiger partial charge in [-0.15, -0.1) is 0 Å². The van der Waals surface area contributed by atoms with Crippen molar-refractivity contribution in [3.63, 3.8) is 0 Å². The van der Waals surface area contributed by atoms with E-state index in [4.69, 9.17) is 0 Å². The monoisotopic (exact) mass is 551 g/mol. The summed E-state index contributed by atoms with van der Waals surface area (Å²) in [6, 6.07) is 14.8. The number of likely N-dealkylation sites (N-methyl/N-ethyl adjacent to an activating group) is 1. The van der Waals surface area contributed by atoms with Crippen LogP contribution >= 0.6 is 0 Å². The molecule has 1 unspecified atom stereocenters. The lowest BCUT2D eigenvalue weighted by molar-refractivity contribution is -0.139. The number of amides is 2. The van der Waals surface area contributed by atoms with Gasteiger partial charge < -0.3 is 10.2 Å². The zero-order valence-corrected chi connectivity index (χ0v) is 24.3. The number of hydrogen-bond donors (Lipinski definition) is 1. The summed E-state index contributed by atoms with van der Waals surface area (Å²) in [6.45, 7) is 3.46. The number of carbonyl (C=O) groups excluding carboxylic acids is 2. The maximum atomic E-state index is 13.7. The van der Waals surface area contributed by atoms with Gasteiger partial charge >= 0.3 is 0 Å². The third-order valence-electron chi connectivity index (χ3n) is 9.50. The molecule has 0 aliphatic heterocycles. The van der Waals surface area contributed by atoms with E-state index in [1.807, 2.05) is 43.3 Å². The van der Waals surface area contributed by atoms with Gasteiger partial charge in [0.25, 0.3) is 0 Å². The van der Waals surface area contributed by atoms with Crippen molar-refractivity contribution in [2.24, 2.45) is 17.8 Å². The zero-order chi connectivity index (χ0) is 27.9. The summed E-state index contributed by atoms with van der Waals surface area (Å²) in [7, 11) is -2.22. The predicted molar refractivity (Wildman–Crippen MR) is 154 cm³/mol. The van der Waals surface area contributed by atoms with Gasteiger partial charge in [0, 0.05) is 13.6 Å². The fourth-order valence-electron chi connectivity index (χ4n) is 7.82. The van der Waals surface area contributed by atoms with E-state index in [0.717, 1.165) is 35.1 Å². The molecule has 4 aliphatic rings. The molecule has 1 atom stereocenters. The van der Waals surface area contributed by atoms with Crippen LogP contribution in [0, 0.1) is 24.7 Å². The molecule has 4 fully saturated rings. The highest BCUT2D eigenvalue weighted by atomic mass is 32.2. The van der Waals surface area contributed by atoms with Gasteiger partial charge in [0.1, 0.15) is 12.6 Å². The molecule has 4 bridgehead atoms. The van der Waals surface area contributed by atoms with Crippen LogP contribution in [0.25, 0.3) is 0 Å². The lowest BCUT2D eigenvalue weighted by atomic mass is 9.48. The lowest BCUT2D eigenvalue weighted by Gasteiger charge is -2.57. The Morgan fingerprint density at radius 2 is 1.54 bits per heavy atom. The van der Waals surface area contributed by atoms with E-state index in [9.17, 15) is 18.0 Å². The summed E-state index contributed by atoms with van der Waals surface area (Å²) in [4.78, 5) is 27.7. The van der Waals surface area contributed by atoms with Crippen molar-refractivity contribution in [1.82, 2.24) is 10.2 Å². The number of rotatable bonds is 9. The Kier molecular flexibility index (Phi) is 7.53. The van der Waals surface area contributed by atoms with Crippen LogP contribution in [0.4, 0.5) is 5.69 Å². The van der Waals surface area contributed by atoms with Crippen molar-refractivity contribution in [3.8, 4) is 0 Å². The Morgan fingerprint density at radius 1 is 0.974 bits per heavy atom. The number of anilines is 1. The van der Waals surface area contributed by atoms with Gasteiger partial charge in [0.15, 0.2) is 0 Å². The number of carbonyl (C=O) groups is 2. The van der Waals surface area contributed by atoms with E-state index in [0.29, 0.717) is 5.69 Å². The van der Waals surface area contributed by atoms with E-state index >= 15 is 0 Å². The van der Waals surface area contributed by atoms with Gasteiger partial charge in [0.05, 0.1) is 11.9 Å². The minimum absolute atomic E-state index is 0.211. The normalized spacial score (nSPS) is 26.2. The molecular weight excluding hydrogens is 510 g/mol. The number of nitrogens with zero attached hydrogens (tertiary/aromatic N) is 2. The van der Waals surface area contributed by atoms with E-state index in [2.05, 4.69) is 17.4 Å². The van der Waals surface area contributed by atoms with Crippen molar-refractivity contribution in [2.75, 3.05) is 24.2 Å². The predicted octanol–water partition coefficient (Wildman–Crippen LogP) is 4.39. The van der Waals surface area contributed by atoms with Crippen molar-refractivity contribution < 1.29 is 18.0 Å². The van der Waals surface area contributed by atoms with E-state index < -0.39 is 22.0 Å². The topological polar surface area (TPSA) is 86.8 Å². The minimum atomic E-state index is -3.75. The minimum Gasteiger partial charge on any atom is -0.357 e. The first kappa shape index (κ1) is 27.7. The van der Waals surface area contributed by atoms with Gasteiger partial charge in [-0.05, 0) is 104 Å². The van der Waals surface area contributed by atoms with E-state index in [1.54, 1.807) is 6.92 Å². The highest BCUT2D eigenvalue weighted by molar-refractivity contribution is 7.92. The van der Waals surface area contributed by atoms with Crippen LogP contribution < -0.4 is 9.62 Å². The molecule has 6 rings (SSSR count). The van der Waals surface area contributed by atoms with Crippen molar-refractivity contribution in [3.05, 3.63) is 65.2 Å². The molecule has 0 saturated heterocycles. The van der Waals surface area contributed by atoms with Gasteiger partial charge in [-0.3, -0.25) is 13.9 Å². The summed E-state index contributed by atoms with van der Waals surface area (Å²) < 4.78 is 27.1. The number of sulfonamides is 1. The third kappa shape index (κ3) is 5.58. The molecule has 1 N–H and O–H groups in total. The molecule has 0 heterocycles. The van der Waals surface area contributed by atoms with Crippen LogP contribution in [0.2, 0.25) is 0 Å². The summed E-state index contributed by atoms with van der Waals surface area (Å²) in [5, 5.41) is 2.61. The summed E-state index contributed by atoms with van der Waals surface area (Å²) >= 11 is 0. The molecule has 2 aromatic rings. The Hall–Kier alpha value is -2.87. The average Bonchev–Trinajstić information content (AvgIpc) is 2.89. The molecule has 210 valence electrons. The molecule has 2 amide bonds. The van der Waals surface area contributed by atoms with Gasteiger partial charge in [-0.25, -0.2) is 8.42 Å². The highest BCUT2D eigenvalue weighted by Crippen LogP contribution is 2.60. The third-order valence-corrected chi connectivity index (χ3v) is 10.6. The number of aryl methyl sites for hydroxylation is 1. The van der Waals surface area contributed by atoms with Crippen molar-refractivity contribution in [1.29, 1.82) is 0 Å². The van der Waals surface area contributed by atoms with E-state index in [1.165, 1.54) is 60.3 Å². The Labute approximate surface area is 233 Å². The molecule has 7 nitrogen and oxygen atoms in total. The van der Waals surface area contributed by atoms with Crippen molar-refractivity contribution >= 4 is 27.5 Å². The van der Waals surface area contributed by atoms with Crippen molar-refractivity contribution in [2.45, 2.75) is 70.4 Å². The first-order chi connectivity index (χ1) is 18.5. The Morgan fingerprint density at radius 3 is 2.05 bits per heavy atom. The molecular formula is C31H41N3O4S. The molecule has 4 saturated carbocycles. The largest absolute Gasteiger partial charge is 0.357 e. The van der Waals surface area contributed by atoms with Gasteiger partial charge in [-0.1, -0.05) is 36.4 Å². The van der Waals surface area contributed by atoms with Crippen LogP contribution in [0.15, 0.2) is 48.5 Å². The second-order valence-electron chi connectivity index (χ2n) is 12.3. The van der Waals surface area contributed by atoms with Crippen LogP contribution in [0.5, 0.6) is 0 Å². The first-order valence-corrected chi connectivity index (χ1v) is 16.0. The quantitative estimate of drug-likeness (QED) is 0.501. The van der Waals surface area contributed by atoms with Crippen LogP contribution in [0.3, 0.4) is 0 Å². The van der Waals surface area contributed by atoms with Gasteiger partial charge in [0.2, 0.25) is 21.8 Å². The molecule has 4 aliphatic carbocycles. The van der Waals surface area contributed by atoms with Crippen LogP contribution in [-0.2, 0) is 31.6 Å². The molecule has 0 spiro atoms. The fraction of sp³-hybridized carbons (Fsp3) is 0.548. The SMILES string of the molecule is CNC(=O)C(C)N(Cc1ccccc1C)C(=O)CN(c1ccc(C23CC4CC(CC(C4)C2)C3)cc1)S(C)(=O)=O. The smallest absolute Gasteiger partial charge is 0.244 e. The average molecular weight is 552 g/mol. The van der Waals surface area contributed by atoms with Crippen LogP contribution in [0.1, 0.15) is 62.1 Å². The summed E-state index contributed by atoms with van der Waals surface area (Å²) in [5.41, 5.74) is 3.90. The maximum Gasteiger partial charge on any atom is 0.244 e.